The van der Waals surface area contributed by atoms with Gasteiger partial charge in [-0.3, -0.25) is 9.78 Å². The van der Waals surface area contributed by atoms with E-state index in [0.717, 1.165) is 23.9 Å². The van der Waals surface area contributed by atoms with Crippen molar-refractivity contribution in [2.24, 2.45) is 11.7 Å². The van der Waals surface area contributed by atoms with Crippen LogP contribution in [0.1, 0.15) is 35.5 Å². The Bertz CT molecular complexity index is 1390. The topological polar surface area (TPSA) is 120 Å². The second-order valence-corrected chi connectivity index (χ2v) is 9.91. The minimum atomic E-state index is -1.01. The minimum Gasteiger partial charge on any atom is -0.453 e. The second-order valence-electron chi connectivity index (χ2n) is 9.91. The van der Waals surface area contributed by atoms with E-state index in [9.17, 15) is 22.8 Å². The van der Waals surface area contributed by atoms with E-state index in [1.54, 1.807) is 25.4 Å². The summed E-state index contributed by atoms with van der Waals surface area (Å²) in [5.41, 5.74) is 6.51. The molecule has 12 heteroatoms. The van der Waals surface area contributed by atoms with Gasteiger partial charge in [0.15, 0.2) is 5.78 Å². The van der Waals surface area contributed by atoms with Crippen LogP contribution in [0, 0.1) is 23.4 Å². The number of pyridine rings is 2. The highest BCUT2D eigenvalue weighted by atomic mass is 19.1. The van der Waals surface area contributed by atoms with E-state index < -0.39 is 46.6 Å². The fraction of sp³-hybridized carbons (Fsp3) is 0.379. The molecule has 4 rings (SSSR count). The molecule has 1 aliphatic rings. The number of methoxy groups -OCH3 is 1. The van der Waals surface area contributed by atoms with Crippen LogP contribution in [0.2, 0.25) is 0 Å². The number of amides is 1. The van der Waals surface area contributed by atoms with E-state index in [4.69, 9.17) is 15.2 Å². The first kappa shape index (κ1) is 29.9. The Morgan fingerprint density at radius 3 is 2.51 bits per heavy atom. The van der Waals surface area contributed by atoms with Crippen LogP contribution in [0.3, 0.4) is 0 Å². The van der Waals surface area contributed by atoms with Crippen LogP contribution in [-0.2, 0) is 22.5 Å². The molecule has 1 fully saturated rings. The van der Waals surface area contributed by atoms with Gasteiger partial charge in [0.2, 0.25) is 0 Å². The highest BCUT2D eigenvalue weighted by Gasteiger charge is 2.34. The van der Waals surface area contributed by atoms with Gasteiger partial charge in [0.25, 0.3) is 0 Å². The molecule has 1 amide bonds. The van der Waals surface area contributed by atoms with Crippen molar-refractivity contribution in [2.75, 3.05) is 31.7 Å². The van der Waals surface area contributed by atoms with E-state index in [0.29, 0.717) is 25.3 Å². The Balaban J connectivity index is 1.57. The van der Waals surface area contributed by atoms with Crippen molar-refractivity contribution >= 4 is 17.6 Å². The molecule has 3 aromatic rings. The van der Waals surface area contributed by atoms with Crippen LogP contribution in [0.5, 0.6) is 0 Å². The Kier molecular flexibility index (Phi) is 9.56. The van der Waals surface area contributed by atoms with Crippen molar-refractivity contribution in [1.82, 2.24) is 15.3 Å². The first-order chi connectivity index (χ1) is 19.6. The summed E-state index contributed by atoms with van der Waals surface area (Å²) in [5.74, 6) is -3.53. The number of halogens is 3. The Morgan fingerprint density at radius 2 is 1.85 bits per heavy atom. The summed E-state index contributed by atoms with van der Waals surface area (Å²) >= 11 is 0. The van der Waals surface area contributed by atoms with E-state index in [1.807, 2.05) is 11.8 Å². The van der Waals surface area contributed by atoms with Gasteiger partial charge in [0, 0.05) is 55.8 Å². The molecule has 0 bridgehead atoms. The van der Waals surface area contributed by atoms with Gasteiger partial charge in [0.1, 0.15) is 28.8 Å². The average molecular weight is 572 g/mol. The van der Waals surface area contributed by atoms with Crippen LogP contribution in [0.25, 0.3) is 11.3 Å². The summed E-state index contributed by atoms with van der Waals surface area (Å²) in [6.07, 6.45) is 2.42. The number of carbonyl (C=O) groups excluding carboxylic acids is 2. The number of anilines is 1. The summed E-state index contributed by atoms with van der Waals surface area (Å²) in [5, 5.41) is 2.77. The van der Waals surface area contributed by atoms with E-state index in [-0.39, 0.29) is 36.2 Å². The van der Waals surface area contributed by atoms with Gasteiger partial charge in [0.05, 0.1) is 25.3 Å². The molecule has 218 valence electrons. The third-order valence-corrected chi connectivity index (χ3v) is 7.00. The van der Waals surface area contributed by atoms with Crippen molar-refractivity contribution in [2.45, 2.75) is 39.0 Å². The highest BCUT2D eigenvalue weighted by molar-refractivity contribution is 5.97. The van der Waals surface area contributed by atoms with Gasteiger partial charge in [-0.2, -0.15) is 0 Å². The number of carbonyl (C=O) groups is 2. The monoisotopic (exact) mass is 571 g/mol. The number of Topliss-reactive ketones (excluding diaryl/α,β-unsaturated/α-hetero) is 1. The Hall–Kier alpha value is -4.03. The lowest BCUT2D eigenvalue weighted by molar-refractivity contribution is 0.0988. The number of piperidine rings is 1. The molecule has 1 saturated heterocycles. The summed E-state index contributed by atoms with van der Waals surface area (Å²) in [7, 11) is 1.28. The first-order valence-corrected chi connectivity index (χ1v) is 13.2. The van der Waals surface area contributed by atoms with Crippen molar-refractivity contribution in [3.63, 3.8) is 0 Å². The van der Waals surface area contributed by atoms with Gasteiger partial charge in [-0.1, -0.05) is 6.92 Å². The minimum absolute atomic E-state index is 0.00432. The predicted molar refractivity (Wildman–Crippen MR) is 146 cm³/mol. The van der Waals surface area contributed by atoms with E-state index in [2.05, 4.69) is 15.3 Å². The van der Waals surface area contributed by atoms with Gasteiger partial charge < -0.3 is 25.4 Å². The zero-order chi connectivity index (χ0) is 29.7. The maximum absolute atomic E-state index is 14.9. The molecule has 0 radical (unpaired) electrons. The van der Waals surface area contributed by atoms with Crippen LogP contribution >= 0.6 is 0 Å². The normalized spacial score (nSPS) is 18.7. The number of benzene rings is 1. The Morgan fingerprint density at radius 1 is 1.12 bits per heavy atom. The number of alkyl carbamates (subject to hydrolysis) is 1. The number of hydrogen-bond acceptors (Lipinski definition) is 8. The lowest BCUT2D eigenvalue weighted by atomic mass is 9.89. The van der Waals surface area contributed by atoms with Crippen LogP contribution in [-0.4, -0.2) is 60.7 Å². The summed E-state index contributed by atoms with van der Waals surface area (Å²) in [6, 6.07) is 5.30. The number of aromatic nitrogens is 2. The third kappa shape index (κ3) is 6.83. The number of nitrogens with two attached hydrogens (primary N) is 1. The molecule has 1 aromatic carbocycles. The lowest BCUT2D eigenvalue weighted by Gasteiger charge is -2.42. The van der Waals surface area contributed by atoms with Gasteiger partial charge >= 0.3 is 6.09 Å². The van der Waals surface area contributed by atoms with Crippen molar-refractivity contribution in [3.05, 3.63) is 77.0 Å². The van der Waals surface area contributed by atoms with Crippen LogP contribution in [0.4, 0.5) is 23.7 Å². The SMILES string of the molecule is CCOCc1cc(F)c(-c2nc(C(=O)Cc3cnccc3N3C[C@@H](N)[C@@H](NC(=O)OC)[C@@H](C)C3)ccc2F)c(F)c1. The fourth-order valence-corrected chi connectivity index (χ4v) is 5.02. The van der Waals surface area contributed by atoms with Gasteiger partial charge in [-0.15, -0.1) is 0 Å². The zero-order valence-electron chi connectivity index (χ0n) is 23.0. The summed E-state index contributed by atoms with van der Waals surface area (Å²) in [4.78, 5) is 35.2. The quantitative estimate of drug-likeness (QED) is 0.370. The number of nitrogens with one attached hydrogen (secondary N) is 1. The zero-order valence-corrected chi connectivity index (χ0v) is 23.0. The number of rotatable bonds is 9. The molecular weight excluding hydrogens is 539 g/mol. The largest absolute Gasteiger partial charge is 0.453 e. The standard InChI is InChI=1S/C29H32F3N5O4/c1-4-41-15-17-9-20(31)26(21(32)10-17)28-19(30)5-6-23(35-28)25(38)11-18-12-34-8-7-24(18)37-13-16(2)27(22(33)14-37)36-29(39)40-3/h5-10,12,16,22,27H,4,11,13-15,33H2,1-3H3,(H,36,39)/t16-,22+,27-/m0/s1. The lowest BCUT2D eigenvalue weighted by Crippen LogP contribution is -2.62. The molecular formula is C29H32F3N5O4. The van der Waals surface area contributed by atoms with Crippen molar-refractivity contribution < 1.29 is 32.2 Å². The summed E-state index contributed by atoms with van der Waals surface area (Å²) < 4.78 is 54.4. The predicted octanol–water partition coefficient (Wildman–Crippen LogP) is 4.03. The maximum atomic E-state index is 14.9. The smallest absolute Gasteiger partial charge is 0.407 e. The second kappa shape index (κ2) is 13.1. The highest BCUT2D eigenvalue weighted by Crippen LogP contribution is 2.30. The molecule has 0 aliphatic carbocycles. The molecule has 9 nitrogen and oxygen atoms in total. The van der Waals surface area contributed by atoms with Gasteiger partial charge in [-0.25, -0.2) is 22.9 Å². The third-order valence-electron chi connectivity index (χ3n) is 7.00. The molecule has 3 N–H and O–H groups in total. The summed E-state index contributed by atoms with van der Waals surface area (Å²) in [6.45, 7) is 4.98. The van der Waals surface area contributed by atoms with Crippen LogP contribution in [0.15, 0.2) is 42.7 Å². The van der Waals surface area contributed by atoms with Crippen molar-refractivity contribution in [1.29, 1.82) is 0 Å². The first-order valence-electron chi connectivity index (χ1n) is 13.2. The van der Waals surface area contributed by atoms with E-state index >= 15 is 0 Å². The molecule has 41 heavy (non-hydrogen) atoms. The average Bonchev–Trinajstić information content (AvgIpc) is 2.94. The molecule has 3 heterocycles. The van der Waals surface area contributed by atoms with Crippen LogP contribution < -0.4 is 16.0 Å². The molecule has 3 atom stereocenters. The number of ketones is 1. The molecule has 0 spiro atoms. The molecule has 2 aromatic heterocycles. The number of nitrogens with zero attached hydrogens (tertiary/aromatic N) is 3. The molecule has 0 unspecified atom stereocenters. The molecule has 0 saturated carbocycles. The fourth-order valence-electron chi connectivity index (χ4n) is 5.02. The molecule has 1 aliphatic heterocycles. The number of hydrogen-bond donors (Lipinski definition) is 2. The number of ether oxygens (including phenoxy) is 2. The maximum Gasteiger partial charge on any atom is 0.407 e. The van der Waals surface area contributed by atoms with Crippen molar-refractivity contribution in [3.8, 4) is 11.3 Å². The van der Waals surface area contributed by atoms with Gasteiger partial charge in [-0.05, 0) is 48.7 Å². The van der Waals surface area contributed by atoms with E-state index in [1.165, 1.54) is 13.2 Å². The Labute approximate surface area is 235 Å².